The third kappa shape index (κ3) is 6.63. The van der Waals surface area contributed by atoms with Gasteiger partial charge in [0.25, 0.3) is 0 Å². The fraction of sp³-hybridized carbons (Fsp3) is 0.621. The van der Waals surface area contributed by atoms with Gasteiger partial charge in [0.15, 0.2) is 0 Å². The van der Waals surface area contributed by atoms with Crippen LogP contribution in [0.3, 0.4) is 0 Å². The number of benzene rings is 1. The molecule has 2 fully saturated rings. The van der Waals surface area contributed by atoms with E-state index in [0.717, 1.165) is 38.6 Å². The predicted octanol–water partition coefficient (Wildman–Crippen LogP) is 7.52. The number of hydrogen-bond acceptors (Lipinski definition) is 3. The molecule has 34 heavy (non-hydrogen) atoms. The predicted molar refractivity (Wildman–Crippen MR) is 144 cm³/mol. The third-order valence-electron chi connectivity index (χ3n) is 7.49. The Hall–Kier alpha value is -1.85. The van der Waals surface area contributed by atoms with Crippen LogP contribution in [0.25, 0.3) is 0 Å². The number of amides is 1. The normalized spacial score (nSPS) is 25.3. The van der Waals surface area contributed by atoms with E-state index in [4.69, 9.17) is 9.47 Å². The van der Waals surface area contributed by atoms with E-state index in [1.807, 2.05) is 11.0 Å². The maximum absolute atomic E-state index is 12.4. The molecule has 0 radical (unpaired) electrons. The largest absolute Gasteiger partial charge is 0.441 e. The minimum absolute atomic E-state index is 0.118. The van der Waals surface area contributed by atoms with Crippen LogP contribution in [0.4, 0.5) is 4.79 Å². The average molecular weight is 484 g/mol. The smallest absolute Gasteiger partial charge is 0.410 e. The first-order chi connectivity index (χ1) is 16.0. The van der Waals surface area contributed by atoms with Gasteiger partial charge in [-0.3, -0.25) is 0 Å². The lowest BCUT2D eigenvalue weighted by atomic mass is 9.90. The molecular formula is C29H45NO3Si. The van der Waals surface area contributed by atoms with Gasteiger partial charge in [-0.1, -0.05) is 81.2 Å². The Morgan fingerprint density at radius 3 is 2.65 bits per heavy atom. The summed E-state index contributed by atoms with van der Waals surface area (Å²) in [5.74, 6) is 0.434. The molecule has 0 aromatic heterocycles. The first kappa shape index (κ1) is 26.7. The number of allylic oxidation sites excluding steroid dienone is 2. The minimum atomic E-state index is -1.56. The van der Waals surface area contributed by atoms with Gasteiger partial charge in [0.1, 0.15) is 5.60 Å². The van der Waals surface area contributed by atoms with Crippen LogP contribution in [0, 0.1) is 5.92 Å². The van der Waals surface area contributed by atoms with Crippen molar-refractivity contribution in [2.75, 3.05) is 6.54 Å². The summed E-state index contributed by atoms with van der Waals surface area (Å²) in [6, 6.07) is 10.6. The summed E-state index contributed by atoms with van der Waals surface area (Å²) >= 11 is 0. The summed E-state index contributed by atoms with van der Waals surface area (Å²) < 4.78 is 12.2. The molecule has 1 aromatic rings. The quantitative estimate of drug-likeness (QED) is 0.241. The first-order valence-electron chi connectivity index (χ1n) is 13.1. The Morgan fingerprint density at radius 1 is 1.29 bits per heavy atom. The molecule has 0 N–H and O–H groups in total. The first-order valence-corrected chi connectivity index (χ1v) is 16.6. The molecule has 0 spiro atoms. The topological polar surface area (TPSA) is 38.8 Å². The van der Waals surface area contributed by atoms with Crippen molar-refractivity contribution in [2.45, 2.75) is 104 Å². The Kier molecular flexibility index (Phi) is 8.86. The summed E-state index contributed by atoms with van der Waals surface area (Å²) in [6.45, 7) is 17.6. The summed E-state index contributed by atoms with van der Waals surface area (Å²) in [7, 11) is -1.56. The molecule has 2 saturated heterocycles. The number of cyclic esters (lactones) is 1. The maximum atomic E-state index is 12.4. The Bertz CT molecular complexity index is 888. The van der Waals surface area contributed by atoms with Crippen molar-refractivity contribution < 1.29 is 14.3 Å². The fourth-order valence-corrected chi connectivity index (χ4v) is 6.98. The van der Waals surface area contributed by atoms with E-state index in [1.165, 1.54) is 16.3 Å². The molecule has 1 amide bonds. The molecule has 4 nitrogen and oxygen atoms in total. The number of carbonyl (C=O) groups excluding carboxylic acids is 1. The zero-order valence-electron chi connectivity index (χ0n) is 22.4. The van der Waals surface area contributed by atoms with Crippen molar-refractivity contribution in [1.82, 2.24) is 4.90 Å². The molecule has 0 aliphatic carbocycles. The van der Waals surface area contributed by atoms with E-state index in [2.05, 4.69) is 83.8 Å². The number of hydrogen-bond donors (Lipinski definition) is 0. The lowest BCUT2D eigenvalue weighted by Crippen LogP contribution is -2.42. The van der Waals surface area contributed by atoms with Crippen LogP contribution in [0.2, 0.25) is 19.6 Å². The van der Waals surface area contributed by atoms with Crippen LogP contribution in [-0.4, -0.2) is 43.4 Å². The van der Waals surface area contributed by atoms with E-state index in [1.54, 1.807) is 0 Å². The molecule has 1 unspecified atom stereocenters. The SMILES string of the molecule is CC[C@H](OCc1ccccc1)/C(C)=C/CC(C)/C=C(/C[C@]1(C)OC(=O)N2CCC[C@H]21)[Si](C)(C)C. The van der Waals surface area contributed by atoms with Crippen LogP contribution < -0.4 is 0 Å². The van der Waals surface area contributed by atoms with E-state index >= 15 is 0 Å². The minimum Gasteiger partial charge on any atom is -0.441 e. The molecule has 5 heteroatoms. The van der Waals surface area contributed by atoms with Gasteiger partial charge in [0, 0.05) is 13.0 Å². The summed E-state index contributed by atoms with van der Waals surface area (Å²) in [5, 5.41) is 1.52. The molecule has 3 rings (SSSR count). The van der Waals surface area contributed by atoms with Crippen molar-refractivity contribution in [2.24, 2.45) is 5.92 Å². The van der Waals surface area contributed by atoms with Crippen molar-refractivity contribution in [3.05, 3.63) is 58.8 Å². The molecular weight excluding hydrogens is 438 g/mol. The van der Waals surface area contributed by atoms with Gasteiger partial charge < -0.3 is 14.4 Å². The van der Waals surface area contributed by atoms with Crippen molar-refractivity contribution in [3.8, 4) is 0 Å². The monoisotopic (exact) mass is 483 g/mol. The number of ether oxygens (including phenoxy) is 2. The van der Waals surface area contributed by atoms with E-state index < -0.39 is 13.7 Å². The van der Waals surface area contributed by atoms with Gasteiger partial charge in [-0.05, 0) is 56.6 Å². The van der Waals surface area contributed by atoms with Gasteiger partial charge in [-0.25, -0.2) is 4.79 Å². The summed E-state index contributed by atoms with van der Waals surface area (Å²) in [6.07, 6.45) is 9.85. The highest BCUT2D eigenvalue weighted by Gasteiger charge is 2.53. The summed E-state index contributed by atoms with van der Waals surface area (Å²) in [5.41, 5.74) is 2.13. The number of fused-ring (bicyclic) bond motifs is 1. The number of rotatable bonds is 11. The Morgan fingerprint density at radius 2 is 2.00 bits per heavy atom. The van der Waals surface area contributed by atoms with Crippen LogP contribution in [0.1, 0.15) is 65.4 Å². The van der Waals surface area contributed by atoms with Crippen molar-refractivity contribution >= 4 is 14.2 Å². The average Bonchev–Trinajstić information content (AvgIpc) is 3.36. The second kappa shape index (κ2) is 11.3. The van der Waals surface area contributed by atoms with Gasteiger partial charge in [0.2, 0.25) is 0 Å². The molecule has 1 aromatic carbocycles. The van der Waals surface area contributed by atoms with E-state index in [-0.39, 0.29) is 18.2 Å². The summed E-state index contributed by atoms with van der Waals surface area (Å²) in [4.78, 5) is 14.4. The van der Waals surface area contributed by atoms with Crippen LogP contribution in [0.5, 0.6) is 0 Å². The van der Waals surface area contributed by atoms with E-state index in [0.29, 0.717) is 12.5 Å². The highest BCUT2D eigenvalue weighted by atomic mass is 28.3. The molecule has 188 valence electrons. The molecule has 0 saturated carbocycles. The van der Waals surface area contributed by atoms with Gasteiger partial charge >= 0.3 is 6.09 Å². The number of nitrogens with zero attached hydrogens (tertiary/aromatic N) is 1. The number of carbonyl (C=O) groups is 1. The van der Waals surface area contributed by atoms with Gasteiger partial charge in [0.05, 0.1) is 26.8 Å². The van der Waals surface area contributed by atoms with Crippen LogP contribution in [-0.2, 0) is 16.1 Å². The fourth-order valence-electron chi connectivity index (χ4n) is 5.31. The van der Waals surface area contributed by atoms with Crippen molar-refractivity contribution in [1.29, 1.82) is 0 Å². The van der Waals surface area contributed by atoms with Gasteiger partial charge in [-0.2, -0.15) is 0 Å². The Balaban J connectivity index is 1.65. The zero-order valence-corrected chi connectivity index (χ0v) is 23.4. The zero-order chi connectivity index (χ0) is 24.9. The van der Waals surface area contributed by atoms with Crippen LogP contribution >= 0.6 is 0 Å². The lowest BCUT2D eigenvalue weighted by Gasteiger charge is -2.33. The van der Waals surface area contributed by atoms with Crippen molar-refractivity contribution in [3.63, 3.8) is 0 Å². The third-order valence-corrected chi connectivity index (χ3v) is 9.76. The van der Waals surface area contributed by atoms with Crippen LogP contribution in [0.15, 0.2) is 53.3 Å². The lowest BCUT2D eigenvalue weighted by molar-refractivity contribution is 0.0524. The molecule has 2 aliphatic rings. The standard InChI is InChI=1S/C29H45NO3Si/c1-8-26(32-21-24-13-10-9-11-14-24)23(3)17-16-22(2)19-25(34(5,6)7)20-29(4)27-15-12-18-30(27)28(31)33-29/h9-11,13-14,17,19,22,26-27H,8,12,15-16,18,20-21H2,1-7H3/b23-17+,25-19-/t22?,26-,27-,29-/m0/s1. The molecule has 0 bridgehead atoms. The highest BCUT2D eigenvalue weighted by Crippen LogP contribution is 2.42. The van der Waals surface area contributed by atoms with Gasteiger partial charge in [-0.15, -0.1) is 0 Å². The van der Waals surface area contributed by atoms with E-state index in [9.17, 15) is 4.79 Å². The Labute approximate surface area is 208 Å². The molecule has 2 aliphatic heterocycles. The maximum Gasteiger partial charge on any atom is 0.410 e. The second-order valence-corrected chi connectivity index (χ2v) is 16.6. The second-order valence-electron chi connectivity index (χ2n) is 11.5. The molecule has 2 heterocycles. The highest BCUT2D eigenvalue weighted by molar-refractivity contribution is 6.83. The molecule has 4 atom stereocenters.